The Labute approximate surface area is 193 Å². The molecule has 2 aliphatic heterocycles. The van der Waals surface area contributed by atoms with Gasteiger partial charge in [-0.05, 0) is 55.9 Å². The van der Waals surface area contributed by atoms with Gasteiger partial charge >= 0.3 is 0 Å². The lowest BCUT2D eigenvalue weighted by Gasteiger charge is -2.36. The van der Waals surface area contributed by atoms with Crippen LogP contribution in [-0.4, -0.2) is 66.3 Å². The summed E-state index contributed by atoms with van der Waals surface area (Å²) in [6.45, 7) is 4.98. The van der Waals surface area contributed by atoms with Crippen molar-refractivity contribution in [3.63, 3.8) is 0 Å². The van der Waals surface area contributed by atoms with Crippen LogP contribution in [-0.2, 0) is 0 Å². The van der Waals surface area contributed by atoms with Gasteiger partial charge in [0.25, 0.3) is 5.91 Å². The molecule has 3 aromatic rings. The Balaban J connectivity index is 1.32. The molecule has 0 N–H and O–H groups in total. The fourth-order valence-corrected chi connectivity index (χ4v) is 5.07. The number of anilines is 2. The number of hydrogen-bond acceptors (Lipinski definition) is 6. The van der Waals surface area contributed by atoms with Crippen molar-refractivity contribution in [1.82, 2.24) is 14.9 Å². The summed E-state index contributed by atoms with van der Waals surface area (Å²) in [5.41, 5.74) is 3.75. The second-order valence-corrected chi connectivity index (χ2v) is 9.31. The normalized spacial score (nSPS) is 17.1. The van der Waals surface area contributed by atoms with Crippen molar-refractivity contribution >= 4 is 40.2 Å². The first-order valence-electron chi connectivity index (χ1n) is 11.4. The molecule has 32 heavy (non-hydrogen) atoms. The number of piperidine rings is 1. The third-order valence-corrected chi connectivity index (χ3v) is 7.18. The number of carbonyl (C=O) groups is 1. The zero-order valence-corrected chi connectivity index (χ0v) is 19.4. The second-order valence-electron chi connectivity index (χ2n) is 8.43. The van der Waals surface area contributed by atoms with Gasteiger partial charge in [-0.2, -0.15) is 0 Å². The maximum atomic E-state index is 13.6. The molecule has 0 spiro atoms. The third-order valence-electron chi connectivity index (χ3n) is 6.46. The van der Waals surface area contributed by atoms with E-state index in [0.29, 0.717) is 13.1 Å². The van der Waals surface area contributed by atoms with Gasteiger partial charge in [0.15, 0.2) is 0 Å². The van der Waals surface area contributed by atoms with E-state index in [2.05, 4.69) is 39.2 Å². The minimum absolute atomic E-state index is 0.144. The number of thioether (sulfide) groups is 1. The number of amides is 1. The van der Waals surface area contributed by atoms with E-state index >= 15 is 0 Å². The molecule has 2 aromatic carbocycles. The molecule has 7 heteroatoms. The van der Waals surface area contributed by atoms with Gasteiger partial charge in [-0.15, -0.1) is 11.8 Å². The Morgan fingerprint density at radius 3 is 2.38 bits per heavy atom. The highest BCUT2D eigenvalue weighted by molar-refractivity contribution is 7.98. The summed E-state index contributed by atoms with van der Waals surface area (Å²) in [7, 11) is 0. The topological polar surface area (TPSA) is 52.6 Å². The lowest BCUT2D eigenvalue weighted by molar-refractivity contribution is 0.0747. The van der Waals surface area contributed by atoms with Crippen LogP contribution in [0.15, 0.2) is 53.6 Å². The summed E-state index contributed by atoms with van der Waals surface area (Å²) in [4.78, 5) is 30.7. The first kappa shape index (κ1) is 21.1. The number of carbonyl (C=O) groups excluding carboxylic acids is 1. The van der Waals surface area contributed by atoms with Gasteiger partial charge in [0.05, 0.1) is 22.8 Å². The lowest BCUT2D eigenvalue weighted by Crippen LogP contribution is -2.49. The molecule has 1 amide bonds. The van der Waals surface area contributed by atoms with Gasteiger partial charge in [0, 0.05) is 49.9 Å². The number of para-hydroxylation sites is 2. The van der Waals surface area contributed by atoms with Crippen molar-refractivity contribution in [1.29, 1.82) is 0 Å². The summed E-state index contributed by atoms with van der Waals surface area (Å²) in [6, 6.07) is 14.3. The van der Waals surface area contributed by atoms with E-state index in [9.17, 15) is 4.79 Å². The molecule has 0 saturated carbocycles. The number of fused-ring (bicyclic) bond motifs is 1. The average molecular weight is 448 g/mol. The first-order valence-corrected chi connectivity index (χ1v) is 12.6. The van der Waals surface area contributed by atoms with Gasteiger partial charge in [0.1, 0.15) is 5.82 Å². The van der Waals surface area contributed by atoms with Crippen LogP contribution in [0.4, 0.5) is 11.5 Å². The quantitative estimate of drug-likeness (QED) is 0.556. The van der Waals surface area contributed by atoms with Gasteiger partial charge in [-0.25, -0.2) is 4.98 Å². The molecule has 1 aromatic heterocycles. The van der Waals surface area contributed by atoms with Gasteiger partial charge in [0.2, 0.25) is 0 Å². The summed E-state index contributed by atoms with van der Waals surface area (Å²) in [6.07, 6.45) is 7.58. The van der Waals surface area contributed by atoms with Crippen LogP contribution in [0.5, 0.6) is 0 Å². The molecular weight excluding hydrogens is 418 g/mol. The Hall–Kier alpha value is -2.80. The highest BCUT2D eigenvalue weighted by atomic mass is 32.2. The monoisotopic (exact) mass is 447 g/mol. The van der Waals surface area contributed by atoms with E-state index in [4.69, 9.17) is 4.98 Å². The van der Waals surface area contributed by atoms with Gasteiger partial charge < -0.3 is 14.7 Å². The van der Waals surface area contributed by atoms with Crippen molar-refractivity contribution < 1.29 is 4.79 Å². The molecule has 0 bridgehead atoms. The van der Waals surface area contributed by atoms with E-state index in [1.807, 2.05) is 35.4 Å². The number of hydrogen-bond donors (Lipinski definition) is 0. The van der Waals surface area contributed by atoms with Crippen molar-refractivity contribution in [3.05, 3.63) is 54.2 Å². The van der Waals surface area contributed by atoms with Crippen molar-refractivity contribution in [3.8, 4) is 0 Å². The largest absolute Gasteiger partial charge is 0.371 e. The van der Waals surface area contributed by atoms with E-state index in [1.54, 1.807) is 11.8 Å². The molecule has 5 rings (SSSR count). The van der Waals surface area contributed by atoms with Crippen LogP contribution in [0, 0.1) is 0 Å². The van der Waals surface area contributed by atoms with E-state index in [1.165, 1.54) is 19.3 Å². The third kappa shape index (κ3) is 4.26. The zero-order chi connectivity index (χ0) is 21.9. The standard InChI is InChI=1S/C25H29N5OS/c1-32-19-9-10-23(28-11-5-2-6-12-28)20(17-19)25(31)30-15-13-29(14-16-30)24-18-26-21-7-3-4-8-22(21)27-24/h3-4,7-10,17-18H,2,5-6,11-16H2,1H3. The SMILES string of the molecule is CSc1ccc(N2CCCCC2)c(C(=O)N2CCN(c3cnc4ccccc4n3)CC2)c1. The summed E-state index contributed by atoms with van der Waals surface area (Å²) >= 11 is 1.69. The molecule has 2 fully saturated rings. The molecule has 0 unspecified atom stereocenters. The highest BCUT2D eigenvalue weighted by Gasteiger charge is 2.27. The Morgan fingerprint density at radius 1 is 0.875 bits per heavy atom. The molecule has 0 radical (unpaired) electrons. The lowest BCUT2D eigenvalue weighted by atomic mass is 10.1. The maximum Gasteiger partial charge on any atom is 0.256 e. The number of rotatable bonds is 4. The minimum Gasteiger partial charge on any atom is -0.371 e. The molecule has 166 valence electrons. The summed E-state index contributed by atoms with van der Waals surface area (Å²) in [5.74, 6) is 1.03. The first-order chi connectivity index (χ1) is 15.7. The van der Waals surface area contributed by atoms with Gasteiger partial charge in [-0.1, -0.05) is 12.1 Å². The van der Waals surface area contributed by atoms with E-state index in [0.717, 1.165) is 59.2 Å². The molecule has 6 nitrogen and oxygen atoms in total. The van der Waals surface area contributed by atoms with Crippen LogP contribution in [0.2, 0.25) is 0 Å². The molecule has 0 aliphatic carbocycles. The fourth-order valence-electron chi connectivity index (χ4n) is 4.63. The number of piperazine rings is 1. The van der Waals surface area contributed by atoms with Crippen LogP contribution in [0.1, 0.15) is 29.6 Å². The van der Waals surface area contributed by atoms with Gasteiger partial charge in [-0.3, -0.25) is 9.78 Å². The number of aromatic nitrogens is 2. The molecule has 3 heterocycles. The number of benzene rings is 2. The Kier molecular flexibility index (Phi) is 6.17. The van der Waals surface area contributed by atoms with E-state index in [-0.39, 0.29) is 5.91 Å². The van der Waals surface area contributed by atoms with Crippen LogP contribution in [0.25, 0.3) is 11.0 Å². The highest BCUT2D eigenvalue weighted by Crippen LogP contribution is 2.30. The Bertz CT molecular complexity index is 1110. The summed E-state index contributed by atoms with van der Waals surface area (Å²) < 4.78 is 0. The van der Waals surface area contributed by atoms with Crippen molar-refractivity contribution in [2.45, 2.75) is 24.2 Å². The minimum atomic E-state index is 0.144. The molecule has 2 saturated heterocycles. The summed E-state index contributed by atoms with van der Waals surface area (Å²) in [5, 5.41) is 0. The van der Waals surface area contributed by atoms with E-state index < -0.39 is 0 Å². The molecule has 0 atom stereocenters. The van der Waals surface area contributed by atoms with Crippen molar-refractivity contribution in [2.24, 2.45) is 0 Å². The molecular formula is C25H29N5OS. The average Bonchev–Trinajstić information content (AvgIpc) is 2.88. The number of nitrogens with zero attached hydrogens (tertiary/aromatic N) is 5. The maximum absolute atomic E-state index is 13.6. The fraction of sp³-hybridized carbons (Fsp3) is 0.400. The van der Waals surface area contributed by atoms with Crippen LogP contribution < -0.4 is 9.80 Å². The van der Waals surface area contributed by atoms with Crippen LogP contribution in [0.3, 0.4) is 0 Å². The van der Waals surface area contributed by atoms with Crippen molar-refractivity contribution in [2.75, 3.05) is 55.3 Å². The zero-order valence-electron chi connectivity index (χ0n) is 18.5. The predicted octanol–water partition coefficient (Wildman–Crippen LogP) is 4.30. The second kappa shape index (κ2) is 9.36. The Morgan fingerprint density at radius 2 is 1.62 bits per heavy atom. The smallest absolute Gasteiger partial charge is 0.256 e. The predicted molar refractivity (Wildman–Crippen MR) is 132 cm³/mol. The van der Waals surface area contributed by atoms with Crippen LogP contribution >= 0.6 is 11.8 Å². The molecule has 2 aliphatic rings.